The van der Waals surface area contributed by atoms with Crippen LogP contribution in [0.25, 0.3) is 0 Å². The summed E-state index contributed by atoms with van der Waals surface area (Å²) in [6.45, 7) is 7.50. The van der Waals surface area contributed by atoms with Crippen LogP contribution in [0.15, 0.2) is 36.7 Å². The minimum Gasteiger partial charge on any atom is -0.453 e. The number of benzene rings is 1. The highest BCUT2D eigenvalue weighted by atomic mass is 16.5. The topological polar surface area (TPSA) is 77.2 Å². The smallest absolute Gasteiger partial charge is 0.229 e. The van der Waals surface area contributed by atoms with Gasteiger partial charge in [0.2, 0.25) is 5.91 Å². The Morgan fingerprint density at radius 1 is 1.18 bits per heavy atom. The molecule has 0 aliphatic heterocycles. The average Bonchev–Trinajstić information content (AvgIpc) is 2.44. The lowest BCUT2D eigenvalue weighted by molar-refractivity contribution is -0.123. The van der Waals surface area contributed by atoms with Crippen LogP contribution >= 0.6 is 0 Å². The standard InChI is InChI=1S/C17H21N3O2/c1-11-5-7-12(8-6-11)22-14-10-19-9-13(18)15(14)20-16(21)17(2,3)4/h5-10H,18H2,1-4H3,(H,19,20,21). The van der Waals surface area contributed by atoms with E-state index >= 15 is 0 Å². The quantitative estimate of drug-likeness (QED) is 0.905. The number of anilines is 2. The molecule has 1 amide bonds. The fourth-order valence-electron chi connectivity index (χ4n) is 1.70. The predicted molar refractivity (Wildman–Crippen MR) is 88.0 cm³/mol. The molecule has 0 aliphatic rings. The molecule has 0 radical (unpaired) electrons. The van der Waals surface area contributed by atoms with Crippen molar-refractivity contribution in [2.24, 2.45) is 5.41 Å². The molecular weight excluding hydrogens is 278 g/mol. The van der Waals surface area contributed by atoms with E-state index < -0.39 is 5.41 Å². The Kier molecular flexibility index (Phi) is 4.35. The SMILES string of the molecule is Cc1ccc(Oc2cncc(N)c2NC(=O)C(C)(C)C)cc1. The number of pyridine rings is 1. The highest BCUT2D eigenvalue weighted by Crippen LogP contribution is 2.34. The van der Waals surface area contributed by atoms with Crippen LogP contribution < -0.4 is 15.8 Å². The number of aryl methyl sites for hydroxylation is 1. The van der Waals surface area contributed by atoms with Crippen molar-refractivity contribution in [2.75, 3.05) is 11.1 Å². The number of nitrogen functional groups attached to an aromatic ring is 1. The first-order chi connectivity index (χ1) is 10.3. The lowest BCUT2D eigenvalue weighted by atomic mass is 9.95. The molecule has 1 aromatic heterocycles. The van der Waals surface area contributed by atoms with Gasteiger partial charge in [-0.3, -0.25) is 9.78 Å². The molecule has 0 saturated heterocycles. The first-order valence-electron chi connectivity index (χ1n) is 7.07. The third-order valence-corrected chi connectivity index (χ3v) is 3.11. The second-order valence-electron chi connectivity index (χ2n) is 6.22. The molecule has 2 rings (SSSR count). The van der Waals surface area contributed by atoms with Crippen molar-refractivity contribution >= 4 is 17.3 Å². The van der Waals surface area contributed by atoms with E-state index in [1.807, 2.05) is 52.0 Å². The van der Waals surface area contributed by atoms with E-state index in [1.54, 1.807) is 0 Å². The molecule has 116 valence electrons. The number of carbonyl (C=O) groups excluding carboxylic acids is 1. The van der Waals surface area contributed by atoms with E-state index in [0.29, 0.717) is 22.9 Å². The minimum atomic E-state index is -0.531. The third kappa shape index (κ3) is 3.75. The van der Waals surface area contributed by atoms with Gasteiger partial charge in [0.15, 0.2) is 5.75 Å². The highest BCUT2D eigenvalue weighted by Gasteiger charge is 2.23. The first-order valence-corrected chi connectivity index (χ1v) is 7.07. The maximum absolute atomic E-state index is 12.2. The van der Waals surface area contributed by atoms with Crippen molar-refractivity contribution in [2.45, 2.75) is 27.7 Å². The molecule has 1 heterocycles. The summed E-state index contributed by atoms with van der Waals surface area (Å²) in [6.07, 6.45) is 3.02. The lowest BCUT2D eigenvalue weighted by Gasteiger charge is -2.20. The van der Waals surface area contributed by atoms with E-state index in [4.69, 9.17) is 10.5 Å². The predicted octanol–water partition coefficient (Wildman–Crippen LogP) is 3.75. The van der Waals surface area contributed by atoms with Crippen LogP contribution in [-0.2, 0) is 4.79 Å². The molecule has 22 heavy (non-hydrogen) atoms. The van der Waals surface area contributed by atoms with Crippen molar-refractivity contribution in [3.8, 4) is 11.5 Å². The van der Waals surface area contributed by atoms with Gasteiger partial charge in [-0.2, -0.15) is 0 Å². The third-order valence-electron chi connectivity index (χ3n) is 3.11. The average molecular weight is 299 g/mol. The van der Waals surface area contributed by atoms with Crippen LogP contribution in [0.5, 0.6) is 11.5 Å². The summed E-state index contributed by atoms with van der Waals surface area (Å²) in [6, 6.07) is 7.60. The Hall–Kier alpha value is -2.56. The lowest BCUT2D eigenvalue weighted by Crippen LogP contribution is -2.28. The second kappa shape index (κ2) is 6.05. The van der Waals surface area contributed by atoms with E-state index in [2.05, 4.69) is 10.3 Å². The van der Waals surface area contributed by atoms with Crippen molar-refractivity contribution in [1.29, 1.82) is 0 Å². The summed E-state index contributed by atoms with van der Waals surface area (Å²) in [7, 11) is 0. The summed E-state index contributed by atoms with van der Waals surface area (Å²) < 4.78 is 5.80. The van der Waals surface area contributed by atoms with Crippen molar-refractivity contribution in [3.63, 3.8) is 0 Å². The Morgan fingerprint density at radius 3 is 2.41 bits per heavy atom. The molecule has 3 N–H and O–H groups in total. The first kappa shape index (κ1) is 15.8. The van der Waals surface area contributed by atoms with Crippen LogP contribution in [0.4, 0.5) is 11.4 Å². The van der Waals surface area contributed by atoms with E-state index in [1.165, 1.54) is 12.4 Å². The van der Waals surface area contributed by atoms with E-state index in [9.17, 15) is 4.79 Å². The Bertz CT molecular complexity index is 673. The fourth-order valence-corrected chi connectivity index (χ4v) is 1.70. The number of nitrogens with two attached hydrogens (primary N) is 1. The van der Waals surface area contributed by atoms with Crippen LogP contribution in [0.2, 0.25) is 0 Å². The molecule has 2 aromatic rings. The van der Waals surface area contributed by atoms with Crippen LogP contribution in [0, 0.1) is 12.3 Å². The number of ether oxygens (including phenoxy) is 1. The van der Waals surface area contributed by atoms with Crippen LogP contribution in [0.3, 0.4) is 0 Å². The van der Waals surface area contributed by atoms with Gasteiger partial charge >= 0.3 is 0 Å². The molecule has 0 unspecified atom stereocenters. The molecule has 0 fully saturated rings. The number of hydrogen-bond acceptors (Lipinski definition) is 4. The molecule has 0 bridgehead atoms. The molecule has 1 aromatic carbocycles. The van der Waals surface area contributed by atoms with Crippen molar-refractivity contribution in [3.05, 3.63) is 42.2 Å². The number of nitrogens with zero attached hydrogens (tertiary/aromatic N) is 1. The van der Waals surface area contributed by atoms with Gasteiger partial charge in [-0.15, -0.1) is 0 Å². The minimum absolute atomic E-state index is 0.140. The maximum atomic E-state index is 12.2. The Morgan fingerprint density at radius 2 is 1.82 bits per heavy atom. The molecule has 0 saturated carbocycles. The molecule has 5 nitrogen and oxygen atoms in total. The van der Waals surface area contributed by atoms with Crippen LogP contribution in [-0.4, -0.2) is 10.9 Å². The number of rotatable bonds is 3. The summed E-state index contributed by atoms with van der Waals surface area (Å²) in [5.74, 6) is 0.935. The zero-order valence-corrected chi connectivity index (χ0v) is 13.3. The molecule has 0 aliphatic carbocycles. The summed E-state index contributed by atoms with van der Waals surface area (Å²) in [5.41, 5.74) is 7.34. The van der Waals surface area contributed by atoms with Crippen molar-refractivity contribution in [1.82, 2.24) is 4.98 Å². The van der Waals surface area contributed by atoms with Gasteiger partial charge in [0.1, 0.15) is 11.4 Å². The normalized spacial score (nSPS) is 11.1. The zero-order chi connectivity index (χ0) is 16.3. The van der Waals surface area contributed by atoms with Crippen LogP contribution in [0.1, 0.15) is 26.3 Å². The summed E-state index contributed by atoms with van der Waals surface area (Å²) in [4.78, 5) is 16.2. The van der Waals surface area contributed by atoms with Gasteiger partial charge < -0.3 is 15.8 Å². The van der Waals surface area contributed by atoms with Gasteiger partial charge in [-0.25, -0.2) is 0 Å². The number of nitrogens with one attached hydrogen (secondary N) is 1. The number of amides is 1. The largest absolute Gasteiger partial charge is 0.453 e. The van der Waals surface area contributed by atoms with Gasteiger partial charge in [-0.1, -0.05) is 38.5 Å². The van der Waals surface area contributed by atoms with Gasteiger partial charge in [0, 0.05) is 5.41 Å². The van der Waals surface area contributed by atoms with E-state index in [0.717, 1.165) is 5.56 Å². The maximum Gasteiger partial charge on any atom is 0.229 e. The fraction of sp³-hybridized carbons (Fsp3) is 0.294. The van der Waals surface area contributed by atoms with E-state index in [-0.39, 0.29) is 5.91 Å². The van der Waals surface area contributed by atoms with Crippen molar-refractivity contribution < 1.29 is 9.53 Å². The number of aromatic nitrogens is 1. The van der Waals surface area contributed by atoms with Gasteiger partial charge in [0.25, 0.3) is 0 Å². The second-order valence-corrected chi connectivity index (χ2v) is 6.22. The molecule has 5 heteroatoms. The zero-order valence-electron chi connectivity index (χ0n) is 13.3. The Labute approximate surface area is 130 Å². The Balaban J connectivity index is 2.30. The molecule has 0 spiro atoms. The number of carbonyl (C=O) groups is 1. The summed E-state index contributed by atoms with van der Waals surface area (Å²) in [5, 5.41) is 2.82. The highest BCUT2D eigenvalue weighted by molar-refractivity contribution is 5.98. The molecular formula is C17H21N3O2. The monoisotopic (exact) mass is 299 g/mol. The summed E-state index contributed by atoms with van der Waals surface area (Å²) >= 11 is 0. The molecule has 0 atom stereocenters. The number of hydrogen-bond donors (Lipinski definition) is 2. The van der Waals surface area contributed by atoms with Gasteiger partial charge in [-0.05, 0) is 19.1 Å². The van der Waals surface area contributed by atoms with Gasteiger partial charge in [0.05, 0.1) is 18.1 Å².